The minimum absolute atomic E-state index is 0.147. The highest BCUT2D eigenvalue weighted by molar-refractivity contribution is 7.93. The first-order valence-corrected chi connectivity index (χ1v) is 9.52. The van der Waals surface area contributed by atoms with Crippen molar-refractivity contribution in [2.75, 3.05) is 0 Å². The minimum Gasteiger partial charge on any atom is -0.386 e. The Bertz CT molecular complexity index is 881. The molecule has 0 unspecified atom stereocenters. The lowest BCUT2D eigenvalue weighted by Gasteiger charge is -2.17. The lowest BCUT2D eigenvalue weighted by molar-refractivity contribution is 0.0785. The maximum Gasteiger partial charge on any atom is 0.217 e. The van der Waals surface area contributed by atoms with Crippen LogP contribution in [-0.2, 0) is 15.4 Å². The summed E-state index contributed by atoms with van der Waals surface area (Å²) in [4.78, 5) is 4.33. The molecule has 1 heterocycles. The van der Waals surface area contributed by atoms with E-state index in [0.29, 0.717) is 11.3 Å². The van der Waals surface area contributed by atoms with Crippen molar-refractivity contribution in [1.82, 2.24) is 4.98 Å². The smallest absolute Gasteiger partial charge is 0.217 e. The maximum absolute atomic E-state index is 12.9. The zero-order valence-electron chi connectivity index (χ0n) is 12.8. The molecule has 0 aliphatic heterocycles. The number of sulfone groups is 1. The van der Waals surface area contributed by atoms with Crippen LogP contribution >= 0.6 is 11.3 Å². The van der Waals surface area contributed by atoms with E-state index in [2.05, 4.69) is 4.98 Å². The van der Waals surface area contributed by atoms with Gasteiger partial charge in [-0.25, -0.2) is 13.4 Å². The Balaban J connectivity index is 2.05. The summed E-state index contributed by atoms with van der Waals surface area (Å²) in [6.07, 6.45) is 1.82. The summed E-state index contributed by atoms with van der Waals surface area (Å²) < 4.78 is 25.9. The number of nitriles is 1. The van der Waals surface area contributed by atoms with E-state index >= 15 is 0 Å². The predicted molar refractivity (Wildman–Crippen MR) is 85.9 cm³/mol. The quantitative estimate of drug-likeness (QED) is 0.917. The lowest BCUT2D eigenvalue weighted by Crippen LogP contribution is -2.15. The monoisotopic (exact) mass is 348 g/mol. The van der Waals surface area contributed by atoms with Crippen LogP contribution in [0.3, 0.4) is 0 Å². The Hall–Kier alpha value is -1.75. The molecule has 1 saturated carbocycles. The van der Waals surface area contributed by atoms with E-state index in [0.717, 1.165) is 24.2 Å². The third-order valence-electron chi connectivity index (χ3n) is 3.80. The first kappa shape index (κ1) is 16.1. The normalized spacial score (nSPS) is 15.4. The summed E-state index contributed by atoms with van der Waals surface area (Å²) in [5, 5.41) is 19.2. The fraction of sp³-hybridized carbons (Fsp3) is 0.375. The highest BCUT2D eigenvalue weighted by atomic mass is 32.2. The van der Waals surface area contributed by atoms with E-state index in [1.807, 2.05) is 6.07 Å². The molecule has 0 spiro atoms. The average molecular weight is 348 g/mol. The van der Waals surface area contributed by atoms with Crippen LogP contribution in [0.2, 0.25) is 0 Å². The number of benzene rings is 1. The SMILES string of the molecule is CC(C)(O)c1ccc(S(=O)(=O)c2sc(C#N)nc2C2CC2)cc1. The highest BCUT2D eigenvalue weighted by Gasteiger charge is 2.35. The first-order valence-electron chi connectivity index (χ1n) is 7.22. The third kappa shape index (κ3) is 3.02. The second kappa shape index (κ2) is 5.41. The molecule has 0 atom stereocenters. The van der Waals surface area contributed by atoms with Gasteiger partial charge in [0.1, 0.15) is 10.3 Å². The fourth-order valence-corrected chi connectivity index (χ4v) is 5.16. The third-order valence-corrected chi connectivity index (χ3v) is 7.06. The average Bonchev–Trinajstić information content (AvgIpc) is 3.25. The molecule has 3 rings (SSSR count). The summed E-state index contributed by atoms with van der Waals surface area (Å²) in [7, 11) is -3.70. The van der Waals surface area contributed by atoms with E-state index in [4.69, 9.17) is 5.26 Å². The molecule has 2 aromatic rings. The molecule has 1 N–H and O–H groups in total. The van der Waals surface area contributed by atoms with E-state index in [9.17, 15) is 13.5 Å². The van der Waals surface area contributed by atoms with Crippen molar-refractivity contribution in [2.45, 2.75) is 47.3 Å². The minimum atomic E-state index is -3.70. The van der Waals surface area contributed by atoms with Crippen molar-refractivity contribution in [1.29, 1.82) is 5.26 Å². The standard InChI is InChI=1S/C16H16N2O3S2/c1-16(2,19)11-5-7-12(8-6-11)23(20,21)15-14(10-3-4-10)18-13(9-17)22-15/h5-8,10,19H,3-4H2,1-2H3. The molecule has 7 heteroatoms. The molecule has 1 aromatic carbocycles. The second-order valence-corrected chi connectivity index (χ2v) is 9.31. The number of thiazole rings is 1. The van der Waals surface area contributed by atoms with Crippen molar-refractivity contribution in [3.8, 4) is 6.07 Å². The summed E-state index contributed by atoms with van der Waals surface area (Å²) in [6, 6.07) is 8.13. The van der Waals surface area contributed by atoms with E-state index in [-0.39, 0.29) is 20.0 Å². The van der Waals surface area contributed by atoms with E-state index in [1.54, 1.807) is 26.0 Å². The molecular weight excluding hydrogens is 332 g/mol. The Kier molecular flexibility index (Phi) is 3.79. The molecule has 0 bridgehead atoms. The number of rotatable bonds is 4. The van der Waals surface area contributed by atoms with Crippen molar-refractivity contribution in [3.63, 3.8) is 0 Å². The molecule has 1 aliphatic carbocycles. The van der Waals surface area contributed by atoms with Crippen LogP contribution in [0.5, 0.6) is 0 Å². The largest absolute Gasteiger partial charge is 0.386 e. The molecule has 1 fully saturated rings. The summed E-state index contributed by atoms with van der Waals surface area (Å²) >= 11 is 0.930. The fourth-order valence-electron chi connectivity index (χ4n) is 2.32. The van der Waals surface area contributed by atoms with Gasteiger partial charge >= 0.3 is 0 Å². The lowest BCUT2D eigenvalue weighted by atomic mass is 9.99. The van der Waals surface area contributed by atoms with E-state index in [1.165, 1.54) is 12.1 Å². The number of hydrogen-bond acceptors (Lipinski definition) is 6. The Labute approximate surface area is 139 Å². The van der Waals surface area contributed by atoms with Gasteiger partial charge in [-0.3, -0.25) is 0 Å². The van der Waals surface area contributed by atoms with Crippen molar-refractivity contribution < 1.29 is 13.5 Å². The van der Waals surface area contributed by atoms with Gasteiger partial charge < -0.3 is 5.11 Å². The van der Waals surface area contributed by atoms with Gasteiger partial charge in [0.05, 0.1) is 16.2 Å². The number of hydrogen-bond donors (Lipinski definition) is 1. The van der Waals surface area contributed by atoms with Crippen LogP contribution in [0.25, 0.3) is 0 Å². The molecule has 23 heavy (non-hydrogen) atoms. The highest BCUT2D eigenvalue weighted by Crippen LogP contribution is 2.45. The molecule has 5 nitrogen and oxygen atoms in total. The summed E-state index contributed by atoms with van der Waals surface area (Å²) in [6.45, 7) is 3.29. The van der Waals surface area contributed by atoms with Crippen LogP contribution < -0.4 is 0 Å². The Morgan fingerprint density at radius 3 is 2.39 bits per heavy atom. The molecule has 0 radical (unpaired) electrons. The Morgan fingerprint density at radius 1 is 1.30 bits per heavy atom. The van der Waals surface area contributed by atoms with Gasteiger partial charge in [0, 0.05) is 5.92 Å². The summed E-state index contributed by atoms with van der Waals surface area (Å²) in [5.41, 5.74) is 0.138. The Morgan fingerprint density at radius 2 is 1.91 bits per heavy atom. The topological polar surface area (TPSA) is 91.0 Å². The van der Waals surface area contributed by atoms with Crippen LogP contribution in [0, 0.1) is 11.3 Å². The molecular formula is C16H16N2O3S2. The molecule has 0 amide bonds. The van der Waals surface area contributed by atoms with Crippen LogP contribution in [0.4, 0.5) is 0 Å². The van der Waals surface area contributed by atoms with Gasteiger partial charge in [0.15, 0.2) is 5.01 Å². The van der Waals surface area contributed by atoms with E-state index < -0.39 is 15.4 Å². The number of aliphatic hydroxyl groups is 1. The van der Waals surface area contributed by atoms with Crippen molar-refractivity contribution in [3.05, 3.63) is 40.5 Å². The van der Waals surface area contributed by atoms with Gasteiger partial charge in [-0.2, -0.15) is 5.26 Å². The van der Waals surface area contributed by atoms with Crippen LogP contribution in [0.15, 0.2) is 33.4 Å². The van der Waals surface area contributed by atoms with Gasteiger partial charge in [0.25, 0.3) is 0 Å². The molecule has 120 valence electrons. The van der Waals surface area contributed by atoms with Crippen LogP contribution in [-0.4, -0.2) is 18.5 Å². The molecule has 0 saturated heterocycles. The second-order valence-electron chi connectivity index (χ2n) is 6.16. The van der Waals surface area contributed by atoms with Gasteiger partial charge in [-0.05, 0) is 44.4 Å². The first-order chi connectivity index (χ1) is 10.7. The van der Waals surface area contributed by atoms with Crippen LogP contribution in [0.1, 0.15) is 48.9 Å². The maximum atomic E-state index is 12.9. The number of nitrogens with zero attached hydrogens (tertiary/aromatic N) is 2. The zero-order chi connectivity index (χ0) is 16.8. The predicted octanol–water partition coefficient (Wildman–Crippen LogP) is 2.95. The summed E-state index contributed by atoms with van der Waals surface area (Å²) in [5.74, 6) is 0.147. The molecule has 1 aromatic heterocycles. The van der Waals surface area contributed by atoms with Crippen molar-refractivity contribution in [2.24, 2.45) is 0 Å². The zero-order valence-corrected chi connectivity index (χ0v) is 14.4. The number of aromatic nitrogens is 1. The van der Waals surface area contributed by atoms with Crippen molar-refractivity contribution >= 4 is 21.2 Å². The van der Waals surface area contributed by atoms with Gasteiger partial charge in [0.2, 0.25) is 9.84 Å². The van der Waals surface area contributed by atoms with Gasteiger partial charge in [-0.15, -0.1) is 0 Å². The molecule has 1 aliphatic rings. The van der Waals surface area contributed by atoms with Gasteiger partial charge in [-0.1, -0.05) is 23.5 Å².